The summed E-state index contributed by atoms with van der Waals surface area (Å²) in [5.41, 5.74) is 8.33. The highest BCUT2D eigenvalue weighted by atomic mass is 16.5. The molecule has 3 nitrogen and oxygen atoms in total. The number of hydrogen-bond donors (Lipinski definition) is 1. The predicted octanol–water partition coefficient (Wildman–Crippen LogP) is 1.99. The van der Waals surface area contributed by atoms with Crippen LogP contribution in [-0.2, 0) is 4.74 Å². The fraction of sp³-hybridized carbons (Fsp3) is 0.500. The second kappa shape index (κ2) is 4.59. The Bertz CT molecular complexity index is 434. The summed E-state index contributed by atoms with van der Waals surface area (Å²) in [4.78, 5) is 12.5. The van der Waals surface area contributed by atoms with Crippen molar-refractivity contribution in [3.63, 3.8) is 0 Å². The Morgan fingerprint density at radius 1 is 1.29 bits per heavy atom. The maximum atomic E-state index is 12.5. The molecule has 1 saturated heterocycles. The van der Waals surface area contributed by atoms with E-state index in [-0.39, 0.29) is 5.78 Å². The molecule has 1 aliphatic heterocycles. The first-order chi connectivity index (χ1) is 8.03. The summed E-state index contributed by atoms with van der Waals surface area (Å²) in [6.07, 6.45) is 1.22. The van der Waals surface area contributed by atoms with Crippen molar-refractivity contribution in [1.82, 2.24) is 0 Å². The van der Waals surface area contributed by atoms with Gasteiger partial charge in [-0.15, -0.1) is 0 Å². The van der Waals surface area contributed by atoms with Crippen LogP contribution in [0.1, 0.15) is 34.3 Å². The Hall–Kier alpha value is -1.19. The van der Waals surface area contributed by atoms with Gasteiger partial charge in [-0.1, -0.05) is 17.7 Å². The Morgan fingerprint density at radius 2 is 1.94 bits per heavy atom. The molecule has 0 bridgehead atoms. The fourth-order valence-corrected chi connectivity index (χ4v) is 2.21. The molecular formula is C14H19NO2. The highest BCUT2D eigenvalue weighted by Gasteiger charge is 2.36. The molecule has 0 radical (unpaired) electrons. The van der Waals surface area contributed by atoms with Crippen molar-refractivity contribution < 1.29 is 9.53 Å². The molecule has 1 heterocycles. The first-order valence-electron chi connectivity index (χ1n) is 6.02. The van der Waals surface area contributed by atoms with E-state index in [0.717, 1.165) is 16.7 Å². The number of ketones is 1. The van der Waals surface area contributed by atoms with Crippen molar-refractivity contribution in [2.24, 2.45) is 5.73 Å². The normalized spacial score (nSPS) is 19.0. The monoisotopic (exact) mass is 233 g/mol. The Labute approximate surface area is 102 Å². The quantitative estimate of drug-likeness (QED) is 0.795. The maximum absolute atomic E-state index is 12.5. The van der Waals surface area contributed by atoms with Crippen LogP contribution in [0.2, 0.25) is 0 Å². The van der Waals surface area contributed by atoms with Gasteiger partial charge in [0.15, 0.2) is 5.78 Å². The van der Waals surface area contributed by atoms with E-state index in [1.165, 1.54) is 0 Å². The van der Waals surface area contributed by atoms with E-state index in [0.29, 0.717) is 26.1 Å². The van der Waals surface area contributed by atoms with Gasteiger partial charge in [0.1, 0.15) is 0 Å². The summed E-state index contributed by atoms with van der Waals surface area (Å²) in [5.74, 6) is 0.0574. The van der Waals surface area contributed by atoms with Gasteiger partial charge in [0.25, 0.3) is 0 Å². The molecule has 2 N–H and O–H groups in total. The molecule has 0 spiro atoms. The summed E-state index contributed by atoms with van der Waals surface area (Å²) in [5, 5.41) is 0. The van der Waals surface area contributed by atoms with Gasteiger partial charge in [-0.3, -0.25) is 4.79 Å². The minimum absolute atomic E-state index is 0.0574. The number of carbonyl (C=O) groups is 1. The van der Waals surface area contributed by atoms with Crippen molar-refractivity contribution in [3.8, 4) is 0 Å². The van der Waals surface area contributed by atoms with Gasteiger partial charge < -0.3 is 10.5 Å². The van der Waals surface area contributed by atoms with Crippen molar-refractivity contribution >= 4 is 5.78 Å². The zero-order valence-electron chi connectivity index (χ0n) is 10.5. The number of carbonyl (C=O) groups excluding carboxylic acids is 1. The van der Waals surface area contributed by atoms with Gasteiger partial charge in [-0.25, -0.2) is 0 Å². The molecule has 1 fully saturated rings. The Morgan fingerprint density at radius 3 is 2.59 bits per heavy atom. The number of aryl methyl sites for hydroxylation is 2. The average molecular weight is 233 g/mol. The van der Waals surface area contributed by atoms with Crippen LogP contribution in [0.3, 0.4) is 0 Å². The molecule has 1 aromatic carbocycles. The molecule has 2 rings (SSSR count). The molecule has 0 atom stereocenters. The van der Waals surface area contributed by atoms with Crippen LogP contribution in [0, 0.1) is 13.8 Å². The third kappa shape index (κ3) is 2.40. The van der Waals surface area contributed by atoms with Crippen LogP contribution >= 0.6 is 0 Å². The van der Waals surface area contributed by atoms with E-state index in [1.807, 2.05) is 32.0 Å². The lowest BCUT2D eigenvalue weighted by Crippen LogP contribution is -2.52. The number of nitrogens with two attached hydrogens (primary N) is 1. The van der Waals surface area contributed by atoms with E-state index in [9.17, 15) is 4.79 Å². The lowest BCUT2D eigenvalue weighted by Gasteiger charge is -2.32. The van der Waals surface area contributed by atoms with Gasteiger partial charge in [0, 0.05) is 18.8 Å². The third-order valence-electron chi connectivity index (χ3n) is 3.47. The van der Waals surface area contributed by atoms with E-state index in [2.05, 4.69) is 0 Å². The largest absolute Gasteiger partial charge is 0.381 e. The topological polar surface area (TPSA) is 52.3 Å². The second-order valence-electron chi connectivity index (χ2n) is 4.92. The van der Waals surface area contributed by atoms with Gasteiger partial charge in [0.05, 0.1) is 5.54 Å². The lowest BCUT2D eigenvalue weighted by molar-refractivity contribution is 0.0447. The summed E-state index contributed by atoms with van der Waals surface area (Å²) < 4.78 is 5.27. The first kappa shape index (κ1) is 12.3. The average Bonchev–Trinajstić information content (AvgIpc) is 2.32. The molecule has 0 amide bonds. The van der Waals surface area contributed by atoms with Crippen LogP contribution in [0.25, 0.3) is 0 Å². The minimum Gasteiger partial charge on any atom is -0.381 e. The van der Waals surface area contributed by atoms with Crippen molar-refractivity contribution in [2.75, 3.05) is 13.2 Å². The van der Waals surface area contributed by atoms with Gasteiger partial charge in [0.2, 0.25) is 0 Å². The second-order valence-corrected chi connectivity index (χ2v) is 4.92. The summed E-state index contributed by atoms with van der Waals surface area (Å²) >= 11 is 0. The van der Waals surface area contributed by atoms with Crippen molar-refractivity contribution in [3.05, 3.63) is 34.9 Å². The van der Waals surface area contributed by atoms with E-state index < -0.39 is 5.54 Å². The zero-order chi connectivity index (χ0) is 12.5. The molecule has 92 valence electrons. The molecular weight excluding hydrogens is 214 g/mol. The lowest BCUT2D eigenvalue weighted by atomic mass is 9.82. The number of rotatable bonds is 2. The number of benzene rings is 1. The fourth-order valence-electron chi connectivity index (χ4n) is 2.21. The highest BCUT2D eigenvalue weighted by Crippen LogP contribution is 2.24. The van der Waals surface area contributed by atoms with Crippen molar-refractivity contribution in [1.29, 1.82) is 0 Å². The van der Waals surface area contributed by atoms with Crippen LogP contribution in [-0.4, -0.2) is 24.5 Å². The van der Waals surface area contributed by atoms with Crippen LogP contribution in [0.15, 0.2) is 18.2 Å². The van der Waals surface area contributed by atoms with Crippen molar-refractivity contribution in [2.45, 2.75) is 32.2 Å². The standard InChI is InChI=1S/C14H19NO2/c1-10-3-4-11(2)12(9-10)13(16)14(15)5-7-17-8-6-14/h3-4,9H,5-8,15H2,1-2H3. The molecule has 1 aliphatic rings. The maximum Gasteiger partial charge on any atom is 0.183 e. The van der Waals surface area contributed by atoms with Crippen LogP contribution < -0.4 is 5.73 Å². The predicted molar refractivity (Wildman–Crippen MR) is 67.2 cm³/mol. The van der Waals surface area contributed by atoms with Gasteiger partial charge in [-0.05, 0) is 38.3 Å². The SMILES string of the molecule is Cc1ccc(C)c(C(=O)C2(N)CCOCC2)c1. The van der Waals surface area contributed by atoms with E-state index in [1.54, 1.807) is 0 Å². The molecule has 1 aromatic rings. The molecule has 3 heteroatoms. The smallest absolute Gasteiger partial charge is 0.183 e. The first-order valence-corrected chi connectivity index (χ1v) is 6.02. The van der Waals surface area contributed by atoms with Gasteiger partial charge >= 0.3 is 0 Å². The molecule has 0 saturated carbocycles. The zero-order valence-corrected chi connectivity index (χ0v) is 10.5. The van der Waals surface area contributed by atoms with Gasteiger partial charge in [-0.2, -0.15) is 0 Å². The summed E-state index contributed by atoms with van der Waals surface area (Å²) in [6, 6.07) is 5.92. The Balaban J connectivity index is 2.32. The van der Waals surface area contributed by atoms with E-state index in [4.69, 9.17) is 10.5 Å². The minimum atomic E-state index is -0.739. The Kier molecular flexibility index (Phi) is 3.31. The highest BCUT2D eigenvalue weighted by molar-refractivity contribution is 6.04. The molecule has 0 unspecified atom stereocenters. The molecule has 0 aliphatic carbocycles. The molecule has 0 aromatic heterocycles. The number of ether oxygens (including phenoxy) is 1. The molecule has 17 heavy (non-hydrogen) atoms. The van der Waals surface area contributed by atoms with Crippen LogP contribution in [0.4, 0.5) is 0 Å². The van der Waals surface area contributed by atoms with Crippen LogP contribution in [0.5, 0.6) is 0 Å². The number of Topliss-reactive ketones (excluding diaryl/α,β-unsaturated/α-hetero) is 1. The number of hydrogen-bond acceptors (Lipinski definition) is 3. The summed E-state index contributed by atoms with van der Waals surface area (Å²) in [7, 11) is 0. The summed E-state index contributed by atoms with van der Waals surface area (Å²) in [6.45, 7) is 5.10. The van der Waals surface area contributed by atoms with E-state index >= 15 is 0 Å². The third-order valence-corrected chi connectivity index (χ3v) is 3.47.